The van der Waals surface area contributed by atoms with Crippen molar-refractivity contribution in [3.63, 3.8) is 0 Å². The van der Waals surface area contributed by atoms with E-state index in [-0.39, 0.29) is 10.8 Å². The second-order valence-corrected chi connectivity index (χ2v) is 9.08. The Hall–Kier alpha value is -2.29. The molecule has 148 valence electrons. The van der Waals surface area contributed by atoms with E-state index in [1.165, 1.54) is 27.8 Å². The molecule has 3 aromatic rings. The van der Waals surface area contributed by atoms with Gasteiger partial charge in [0.1, 0.15) is 0 Å². The quantitative estimate of drug-likeness (QED) is 0.583. The van der Waals surface area contributed by atoms with E-state index in [1.54, 1.807) is 30.9 Å². The summed E-state index contributed by atoms with van der Waals surface area (Å²) in [6.07, 6.45) is 0. The summed E-state index contributed by atoms with van der Waals surface area (Å²) < 4.78 is 28.0. The molecule has 6 nitrogen and oxygen atoms in total. The second kappa shape index (κ2) is 8.38. The molecule has 0 saturated heterocycles. The molecule has 0 aliphatic carbocycles. The van der Waals surface area contributed by atoms with Gasteiger partial charge < -0.3 is 0 Å². The van der Waals surface area contributed by atoms with Crippen molar-refractivity contribution in [1.29, 1.82) is 0 Å². The number of carbonyl (C=O) groups excluding carboxylic acids is 1. The number of nitrogens with zero attached hydrogens (tertiary/aromatic N) is 3. The number of hydrogen-bond donors (Lipinski definition) is 0. The predicted octanol–water partition coefficient (Wildman–Crippen LogP) is 3.99. The summed E-state index contributed by atoms with van der Waals surface area (Å²) in [5, 5.41) is 0.603. The molecule has 0 unspecified atom stereocenters. The Bertz CT molecular complexity index is 1060. The van der Waals surface area contributed by atoms with Crippen LogP contribution in [0.2, 0.25) is 0 Å². The zero-order chi connectivity index (χ0) is 20.3. The zero-order valence-corrected chi connectivity index (χ0v) is 17.8. The zero-order valence-electron chi connectivity index (χ0n) is 16.1. The van der Waals surface area contributed by atoms with Crippen LogP contribution in [0.1, 0.15) is 31.1 Å². The number of amides is 1. The van der Waals surface area contributed by atoms with Crippen molar-refractivity contribution in [3.05, 3.63) is 54.1 Å². The number of aromatic nitrogens is 1. The van der Waals surface area contributed by atoms with Gasteiger partial charge in [-0.05, 0) is 37.3 Å². The number of thiazole rings is 1. The molecule has 0 aliphatic rings. The number of rotatable bonds is 7. The lowest BCUT2D eigenvalue weighted by Crippen LogP contribution is -2.32. The summed E-state index contributed by atoms with van der Waals surface area (Å²) in [6.45, 7) is 6.66. The molecule has 0 spiro atoms. The van der Waals surface area contributed by atoms with Crippen LogP contribution in [-0.2, 0) is 10.0 Å². The molecule has 1 aromatic heterocycles. The third-order valence-electron chi connectivity index (χ3n) is 4.50. The van der Waals surface area contributed by atoms with Crippen molar-refractivity contribution < 1.29 is 13.2 Å². The first-order valence-corrected chi connectivity index (χ1v) is 11.5. The molecular formula is C20H23N3O3S2. The maximum atomic E-state index is 13.1. The Balaban J connectivity index is 1.97. The van der Waals surface area contributed by atoms with Crippen LogP contribution in [-0.4, -0.2) is 43.2 Å². The Labute approximate surface area is 169 Å². The maximum absolute atomic E-state index is 13.1. The average Bonchev–Trinajstić information content (AvgIpc) is 3.13. The van der Waals surface area contributed by atoms with Gasteiger partial charge in [-0.1, -0.05) is 43.4 Å². The summed E-state index contributed by atoms with van der Waals surface area (Å²) in [5.41, 5.74) is 1.17. The number of hydrogen-bond acceptors (Lipinski definition) is 5. The van der Waals surface area contributed by atoms with Crippen molar-refractivity contribution >= 4 is 42.6 Å². The first kappa shape index (κ1) is 20.4. The van der Waals surface area contributed by atoms with Crippen molar-refractivity contribution in [1.82, 2.24) is 9.29 Å². The number of carbonyl (C=O) groups is 1. The molecule has 0 radical (unpaired) electrons. The molecule has 1 amide bonds. The SMILES string of the molecule is CCN(C(=O)c1cccc(S(=O)(=O)N(CC)CC)c1)c1nc2ccccc2s1. The second-order valence-electron chi connectivity index (χ2n) is 6.13. The molecule has 0 aliphatic heterocycles. The molecule has 0 bridgehead atoms. The summed E-state index contributed by atoms with van der Waals surface area (Å²) in [5.74, 6) is -0.266. The minimum absolute atomic E-state index is 0.127. The molecule has 1 heterocycles. The molecular weight excluding hydrogens is 394 g/mol. The van der Waals surface area contributed by atoms with Crippen molar-refractivity contribution in [2.75, 3.05) is 24.5 Å². The number of fused-ring (bicyclic) bond motifs is 1. The summed E-state index contributed by atoms with van der Waals surface area (Å²) >= 11 is 1.44. The van der Waals surface area contributed by atoms with E-state index in [9.17, 15) is 13.2 Å². The van der Waals surface area contributed by atoms with Crippen LogP contribution in [0.4, 0.5) is 5.13 Å². The van der Waals surface area contributed by atoms with Crippen molar-refractivity contribution in [3.8, 4) is 0 Å². The van der Waals surface area contributed by atoms with Crippen LogP contribution < -0.4 is 4.90 Å². The molecule has 0 saturated carbocycles. The van der Waals surface area contributed by atoms with Crippen LogP contribution in [0.3, 0.4) is 0 Å². The van der Waals surface area contributed by atoms with Gasteiger partial charge in [0.05, 0.1) is 15.1 Å². The van der Waals surface area contributed by atoms with Crippen molar-refractivity contribution in [2.45, 2.75) is 25.7 Å². The van der Waals surface area contributed by atoms with Crippen LogP contribution in [0.5, 0.6) is 0 Å². The standard InChI is InChI=1S/C20H23N3O3S2/c1-4-22(5-2)28(25,26)16-11-9-10-15(14-16)19(24)23(6-3)20-21-17-12-7-8-13-18(17)27-20/h7-14H,4-6H2,1-3H3. The molecule has 0 atom stereocenters. The molecule has 2 aromatic carbocycles. The first-order valence-electron chi connectivity index (χ1n) is 9.20. The van der Waals surface area contributed by atoms with Gasteiger partial charge in [-0.3, -0.25) is 9.69 Å². The molecule has 8 heteroatoms. The number of anilines is 1. The monoisotopic (exact) mass is 417 g/mol. The predicted molar refractivity (Wildman–Crippen MR) is 114 cm³/mol. The third-order valence-corrected chi connectivity index (χ3v) is 7.60. The van der Waals surface area contributed by atoms with E-state index >= 15 is 0 Å². The van der Waals surface area contributed by atoms with Gasteiger partial charge in [0.15, 0.2) is 5.13 Å². The van der Waals surface area contributed by atoms with E-state index in [0.717, 1.165) is 10.2 Å². The minimum atomic E-state index is -3.63. The van der Waals surface area contributed by atoms with Gasteiger partial charge in [-0.2, -0.15) is 4.31 Å². The van der Waals surface area contributed by atoms with Gasteiger partial charge in [-0.25, -0.2) is 13.4 Å². The number of para-hydroxylation sites is 1. The van der Waals surface area contributed by atoms with Crippen molar-refractivity contribution in [2.24, 2.45) is 0 Å². The highest BCUT2D eigenvalue weighted by Gasteiger charge is 2.25. The van der Waals surface area contributed by atoms with E-state index in [1.807, 2.05) is 31.2 Å². The Morgan fingerprint density at radius 1 is 1.00 bits per heavy atom. The van der Waals surface area contributed by atoms with Gasteiger partial charge in [0.25, 0.3) is 5.91 Å². The highest BCUT2D eigenvalue weighted by Crippen LogP contribution is 2.29. The van der Waals surface area contributed by atoms with E-state index in [0.29, 0.717) is 30.3 Å². The summed E-state index contributed by atoms with van der Waals surface area (Å²) in [7, 11) is -3.63. The number of sulfonamides is 1. The smallest absolute Gasteiger partial charge is 0.260 e. The van der Waals surface area contributed by atoms with Gasteiger partial charge in [0.2, 0.25) is 10.0 Å². The topological polar surface area (TPSA) is 70.6 Å². The number of benzene rings is 2. The van der Waals surface area contributed by atoms with Crippen LogP contribution in [0, 0.1) is 0 Å². The van der Waals surface area contributed by atoms with Gasteiger partial charge in [0, 0.05) is 25.2 Å². The highest BCUT2D eigenvalue weighted by atomic mass is 32.2. The Morgan fingerprint density at radius 3 is 2.36 bits per heavy atom. The Kier molecular flexibility index (Phi) is 6.12. The van der Waals surface area contributed by atoms with Crippen LogP contribution >= 0.6 is 11.3 Å². The van der Waals surface area contributed by atoms with E-state index < -0.39 is 10.0 Å². The molecule has 3 rings (SSSR count). The van der Waals surface area contributed by atoms with E-state index in [2.05, 4.69) is 4.98 Å². The highest BCUT2D eigenvalue weighted by molar-refractivity contribution is 7.89. The molecule has 0 N–H and O–H groups in total. The third kappa shape index (κ3) is 3.80. The largest absolute Gasteiger partial charge is 0.284 e. The molecule has 0 fully saturated rings. The summed E-state index contributed by atoms with van der Waals surface area (Å²) in [4.78, 5) is 19.4. The summed E-state index contributed by atoms with van der Waals surface area (Å²) in [6, 6.07) is 13.9. The fraction of sp³-hybridized carbons (Fsp3) is 0.300. The lowest BCUT2D eigenvalue weighted by atomic mass is 10.2. The fourth-order valence-electron chi connectivity index (χ4n) is 3.00. The maximum Gasteiger partial charge on any atom is 0.260 e. The average molecular weight is 418 g/mol. The minimum Gasteiger partial charge on any atom is -0.284 e. The lowest BCUT2D eigenvalue weighted by Gasteiger charge is -2.20. The first-order chi connectivity index (χ1) is 13.4. The lowest BCUT2D eigenvalue weighted by molar-refractivity contribution is 0.0988. The van der Waals surface area contributed by atoms with Crippen LogP contribution in [0.15, 0.2) is 53.4 Å². The Morgan fingerprint density at radius 2 is 1.71 bits per heavy atom. The molecule has 28 heavy (non-hydrogen) atoms. The normalized spacial score (nSPS) is 11.9. The van der Waals surface area contributed by atoms with Crippen LogP contribution in [0.25, 0.3) is 10.2 Å². The van der Waals surface area contributed by atoms with Gasteiger partial charge in [-0.15, -0.1) is 0 Å². The van der Waals surface area contributed by atoms with Gasteiger partial charge >= 0.3 is 0 Å². The van der Waals surface area contributed by atoms with E-state index in [4.69, 9.17) is 0 Å². The fourth-order valence-corrected chi connectivity index (χ4v) is 5.53.